The third kappa shape index (κ3) is 3.60. The molecule has 11 heteroatoms. The molecule has 0 fully saturated rings. The zero-order valence-electron chi connectivity index (χ0n) is 14.8. The highest BCUT2D eigenvalue weighted by Gasteiger charge is 2.33. The first-order chi connectivity index (χ1) is 14.2. The zero-order chi connectivity index (χ0) is 21.5. The summed E-state index contributed by atoms with van der Waals surface area (Å²) in [5, 5.41) is 12.6. The Morgan fingerprint density at radius 1 is 1.17 bits per heavy atom. The molecule has 8 nitrogen and oxygen atoms in total. The number of hydrogen-bond acceptors (Lipinski definition) is 5. The standard InChI is InChI=1S/C19H11F3N4O4/c20-19(21,22)14-4-2-1-3-12(14)10-5-6-15-13(7-10)16(27)25-17(24-15)26-9-11(8-23-26)30-18(28)29/h1-9H,(H,28,29)(H,24,25,27). The summed E-state index contributed by atoms with van der Waals surface area (Å²) in [6.45, 7) is 0. The molecule has 2 aromatic heterocycles. The number of aromatic nitrogens is 4. The molecular weight excluding hydrogens is 405 g/mol. The maximum atomic E-state index is 13.3. The molecule has 0 aliphatic heterocycles. The lowest BCUT2D eigenvalue weighted by atomic mass is 9.98. The van der Waals surface area contributed by atoms with E-state index in [2.05, 4.69) is 19.8 Å². The summed E-state index contributed by atoms with van der Waals surface area (Å²) in [7, 11) is 0. The first kappa shape index (κ1) is 19.2. The van der Waals surface area contributed by atoms with E-state index in [1.54, 1.807) is 0 Å². The van der Waals surface area contributed by atoms with Crippen LogP contribution in [0.4, 0.5) is 18.0 Å². The van der Waals surface area contributed by atoms with Crippen LogP contribution in [0.25, 0.3) is 28.0 Å². The lowest BCUT2D eigenvalue weighted by Crippen LogP contribution is -2.14. The molecule has 2 aromatic carbocycles. The van der Waals surface area contributed by atoms with Crippen LogP contribution < -0.4 is 10.3 Å². The number of benzene rings is 2. The Morgan fingerprint density at radius 3 is 2.67 bits per heavy atom. The van der Waals surface area contributed by atoms with Gasteiger partial charge in [-0.25, -0.2) is 14.5 Å². The monoisotopic (exact) mass is 416 g/mol. The minimum Gasteiger partial charge on any atom is -0.449 e. The number of rotatable bonds is 3. The summed E-state index contributed by atoms with van der Waals surface area (Å²) in [6, 6.07) is 9.26. The number of alkyl halides is 3. The number of fused-ring (bicyclic) bond motifs is 1. The van der Waals surface area contributed by atoms with E-state index in [-0.39, 0.29) is 33.7 Å². The van der Waals surface area contributed by atoms with E-state index < -0.39 is 23.5 Å². The van der Waals surface area contributed by atoms with Crippen molar-refractivity contribution in [2.75, 3.05) is 0 Å². The van der Waals surface area contributed by atoms with Crippen LogP contribution in [0.15, 0.2) is 59.7 Å². The quantitative estimate of drug-likeness (QED) is 0.491. The van der Waals surface area contributed by atoms with Gasteiger partial charge in [-0.2, -0.15) is 18.3 Å². The Hall–Kier alpha value is -4.15. The molecule has 2 N–H and O–H groups in total. The van der Waals surface area contributed by atoms with Crippen molar-refractivity contribution in [3.8, 4) is 22.8 Å². The molecule has 0 spiro atoms. The van der Waals surface area contributed by atoms with Gasteiger partial charge in [-0.15, -0.1) is 0 Å². The molecule has 0 saturated heterocycles. The lowest BCUT2D eigenvalue weighted by Gasteiger charge is -2.13. The highest BCUT2D eigenvalue weighted by molar-refractivity contribution is 5.85. The van der Waals surface area contributed by atoms with Crippen molar-refractivity contribution in [3.63, 3.8) is 0 Å². The van der Waals surface area contributed by atoms with Crippen molar-refractivity contribution in [2.24, 2.45) is 0 Å². The lowest BCUT2D eigenvalue weighted by molar-refractivity contribution is -0.137. The summed E-state index contributed by atoms with van der Waals surface area (Å²) < 4.78 is 45.5. The third-order valence-corrected chi connectivity index (χ3v) is 4.22. The van der Waals surface area contributed by atoms with E-state index in [0.717, 1.165) is 16.9 Å². The zero-order valence-corrected chi connectivity index (χ0v) is 14.8. The molecule has 0 aliphatic rings. The van der Waals surface area contributed by atoms with Crippen LogP contribution in [0, 0.1) is 0 Å². The number of nitrogens with one attached hydrogen (secondary N) is 1. The molecule has 0 aliphatic carbocycles. The summed E-state index contributed by atoms with van der Waals surface area (Å²) in [6.07, 6.45) is -3.75. The summed E-state index contributed by atoms with van der Waals surface area (Å²) in [4.78, 5) is 29.8. The smallest absolute Gasteiger partial charge is 0.449 e. The van der Waals surface area contributed by atoms with Gasteiger partial charge in [0, 0.05) is 0 Å². The fourth-order valence-electron chi connectivity index (χ4n) is 2.96. The molecule has 0 bridgehead atoms. The number of hydrogen-bond donors (Lipinski definition) is 2. The minimum atomic E-state index is -4.55. The predicted octanol–water partition coefficient (Wildman–Crippen LogP) is 3.85. The summed E-state index contributed by atoms with van der Waals surface area (Å²) in [5.41, 5.74) is -1.03. The number of nitrogens with zero attached hydrogens (tertiary/aromatic N) is 3. The second kappa shape index (κ2) is 7.03. The second-order valence-corrected chi connectivity index (χ2v) is 6.15. The van der Waals surface area contributed by atoms with E-state index in [4.69, 9.17) is 5.11 Å². The predicted molar refractivity (Wildman–Crippen MR) is 98.6 cm³/mol. The van der Waals surface area contributed by atoms with Gasteiger partial charge >= 0.3 is 12.3 Å². The van der Waals surface area contributed by atoms with E-state index >= 15 is 0 Å². The summed E-state index contributed by atoms with van der Waals surface area (Å²) >= 11 is 0. The number of aromatic amines is 1. The fraction of sp³-hybridized carbons (Fsp3) is 0.0526. The van der Waals surface area contributed by atoms with Crippen LogP contribution in [0.2, 0.25) is 0 Å². The third-order valence-electron chi connectivity index (χ3n) is 4.22. The van der Waals surface area contributed by atoms with Gasteiger partial charge in [-0.05, 0) is 29.3 Å². The van der Waals surface area contributed by atoms with Gasteiger partial charge in [-0.3, -0.25) is 9.78 Å². The van der Waals surface area contributed by atoms with E-state index in [1.165, 1.54) is 42.6 Å². The van der Waals surface area contributed by atoms with Crippen LogP contribution in [-0.4, -0.2) is 31.0 Å². The number of H-pyrrole nitrogens is 1. The van der Waals surface area contributed by atoms with E-state index in [1.807, 2.05) is 0 Å². The molecule has 0 unspecified atom stereocenters. The van der Waals surface area contributed by atoms with Crippen molar-refractivity contribution in [1.82, 2.24) is 19.7 Å². The van der Waals surface area contributed by atoms with Crippen molar-refractivity contribution in [2.45, 2.75) is 6.18 Å². The average molecular weight is 416 g/mol. The Bertz CT molecular complexity index is 1330. The first-order valence-corrected chi connectivity index (χ1v) is 8.39. The fourth-order valence-corrected chi connectivity index (χ4v) is 2.96. The normalized spacial score (nSPS) is 11.6. The van der Waals surface area contributed by atoms with Gasteiger partial charge in [-0.1, -0.05) is 24.3 Å². The van der Waals surface area contributed by atoms with Gasteiger partial charge in [0.25, 0.3) is 5.56 Å². The van der Waals surface area contributed by atoms with Crippen LogP contribution >= 0.6 is 0 Å². The van der Waals surface area contributed by atoms with Gasteiger partial charge < -0.3 is 9.84 Å². The van der Waals surface area contributed by atoms with Crippen LogP contribution in [-0.2, 0) is 6.18 Å². The van der Waals surface area contributed by atoms with Crippen LogP contribution in [0.1, 0.15) is 5.56 Å². The average Bonchev–Trinajstić information content (AvgIpc) is 3.15. The molecule has 0 amide bonds. The van der Waals surface area contributed by atoms with Crippen molar-refractivity contribution >= 4 is 17.1 Å². The minimum absolute atomic E-state index is 0.0174. The van der Waals surface area contributed by atoms with E-state index in [0.29, 0.717) is 0 Å². The summed E-state index contributed by atoms with van der Waals surface area (Å²) in [5.74, 6) is -0.0967. The Labute approximate surface area is 165 Å². The molecule has 0 radical (unpaired) electrons. The van der Waals surface area contributed by atoms with Crippen molar-refractivity contribution in [3.05, 3.63) is 70.8 Å². The molecule has 0 atom stereocenters. The molecule has 152 valence electrons. The van der Waals surface area contributed by atoms with E-state index in [9.17, 15) is 22.8 Å². The molecule has 30 heavy (non-hydrogen) atoms. The first-order valence-electron chi connectivity index (χ1n) is 8.39. The number of carbonyl (C=O) groups is 1. The van der Waals surface area contributed by atoms with Gasteiger partial charge in [0.05, 0.1) is 28.9 Å². The number of carboxylic acid groups (broad SMARTS) is 1. The maximum Gasteiger partial charge on any atom is 0.511 e. The largest absolute Gasteiger partial charge is 0.511 e. The van der Waals surface area contributed by atoms with Crippen molar-refractivity contribution in [1.29, 1.82) is 0 Å². The number of halogens is 3. The van der Waals surface area contributed by atoms with Crippen LogP contribution in [0.5, 0.6) is 5.75 Å². The Morgan fingerprint density at radius 2 is 1.93 bits per heavy atom. The molecule has 4 aromatic rings. The van der Waals surface area contributed by atoms with Crippen molar-refractivity contribution < 1.29 is 27.8 Å². The molecular formula is C19H11F3N4O4. The highest BCUT2D eigenvalue weighted by atomic mass is 19.4. The topological polar surface area (TPSA) is 110 Å². The Kier molecular flexibility index (Phi) is 4.49. The van der Waals surface area contributed by atoms with Crippen LogP contribution in [0.3, 0.4) is 0 Å². The SMILES string of the molecule is O=C(O)Oc1cnn(-c2nc3ccc(-c4ccccc4C(F)(F)F)cc3c(=O)[nH]2)c1. The van der Waals surface area contributed by atoms with Gasteiger partial charge in [0.2, 0.25) is 5.95 Å². The molecule has 0 saturated carbocycles. The number of ether oxygens (including phenoxy) is 1. The Balaban J connectivity index is 1.79. The molecule has 4 rings (SSSR count). The second-order valence-electron chi connectivity index (χ2n) is 6.15. The highest BCUT2D eigenvalue weighted by Crippen LogP contribution is 2.37. The van der Waals surface area contributed by atoms with Gasteiger partial charge in [0.1, 0.15) is 0 Å². The maximum absolute atomic E-state index is 13.3. The molecule has 2 heterocycles. The van der Waals surface area contributed by atoms with Gasteiger partial charge in [0.15, 0.2) is 5.75 Å².